The normalized spacial score (nSPS) is 12.7. The second kappa shape index (κ2) is 6.47. The van der Waals surface area contributed by atoms with E-state index >= 15 is 0 Å². The summed E-state index contributed by atoms with van der Waals surface area (Å²) in [6.07, 6.45) is 0. The molecule has 0 aliphatic rings. The Kier molecular flexibility index (Phi) is 4.90. The third kappa shape index (κ3) is 3.08. The largest absolute Gasteiger partial charge is 0.349 e. The molecule has 0 amide bonds. The average Bonchev–Trinajstić information content (AvgIpc) is 2.70. The number of nitrogens with zero attached hydrogens (tertiary/aromatic N) is 1. The van der Waals surface area contributed by atoms with E-state index < -0.39 is 0 Å². The molecule has 108 valence electrons. The summed E-state index contributed by atoms with van der Waals surface area (Å²) >= 11 is 6.24. The van der Waals surface area contributed by atoms with Gasteiger partial charge in [-0.15, -0.1) is 0 Å². The third-order valence-electron chi connectivity index (χ3n) is 3.97. The molecule has 0 radical (unpaired) electrons. The van der Waals surface area contributed by atoms with Crippen molar-refractivity contribution in [1.29, 1.82) is 0 Å². The molecular weight excluding hydrogens is 268 g/mol. The average molecular weight is 291 g/mol. The van der Waals surface area contributed by atoms with Gasteiger partial charge >= 0.3 is 0 Å². The highest BCUT2D eigenvalue weighted by Crippen LogP contribution is 2.23. The fraction of sp³-hybridized carbons (Fsp3) is 0.412. The van der Waals surface area contributed by atoms with Crippen LogP contribution in [0.4, 0.5) is 0 Å². The highest BCUT2D eigenvalue weighted by atomic mass is 35.5. The fourth-order valence-electron chi connectivity index (χ4n) is 2.74. The molecule has 0 bridgehead atoms. The zero-order valence-electron chi connectivity index (χ0n) is 12.7. The van der Waals surface area contributed by atoms with Gasteiger partial charge in [-0.2, -0.15) is 0 Å². The second-order valence-electron chi connectivity index (χ2n) is 5.26. The van der Waals surface area contributed by atoms with Gasteiger partial charge in [0.2, 0.25) is 0 Å². The smallest absolute Gasteiger partial charge is 0.0453 e. The van der Waals surface area contributed by atoms with Gasteiger partial charge in [-0.05, 0) is 51.0 Å². The van der Waals surface area contributed by atoms with E-state index in [4.69, 9.17) is 11.6 Å². The van der Waals surface area contributed by atoms with Crippen LogP contribution in [-0.4, -0.2) is 4.57 Å². The van der Waals surface area contributed by atoms with Crippen LogP contribution in [-0.2, 0) is 13.1 Å². The molecule has 0 saturated carbocycles. The molecule has 0 fully saturated rings. The lowest BCUT2D eigenvalue weighted by Gasteiger charge is -2.16. The summed E-state index contributed by atoms with van der Waals surface area (Å²) in [5.41, 5.74) is 5.19. The van der Waals surface area contributed by atoms with Gasteiger partial charge in [-0.1, -0.05) is 29.8 Å². The lowest BCUT2D eigenvalue weighted by atomic mass is 10.1. The zero-order valence-corrected chi connectivity index (χ0v) is 13.5. The number of rotatable bonds is 5. The maximum Gasteiger partial charge on any atom is 0.0453 e. The molecule has 3 heteroatoms. The van der Waals surface area contributed by atoms with Crippen LogP contribution in [0, 0.1) is 13.8 Å². The number of benzene rings is 1. The van der Waals surface area contributed by atoms with E-state index in [1.165, 1.54) is 17.0 Å². The van der Waals surface area contributed by atoms with Crippen molar-refractivity contribution in [3.05, 3.63) is 57.9 Å². The van der Waals surface area contributed by atoms with Gasteiger partial charge in [0.15, 0.2) is 0 Å². The summed E-state index contributed by atoms with van der Waals surface area (Å²) in [5.74, 6) is 0. The molecule has 0 saturated heterocycles. The highest BCUT2D eigenvalue weighted by Gasteiger charge is 2.11. The minimum Gasteiger partial charge on any atom is -0.349 e. The summed E-state index contributed by atoms with van der Waals surface area (Å²) in [6.45, 7) is 10.6. The Labute approximate surface area is 126 Å². The van der Waals surface area contributed by atoms with Crippen molar-refractivity contribution in [3.63, 3.8) is 0 Å². The lowest BCUT2D eigenvalue weighted by molar-refractivity contribution is 0.571. The molecule has 0 unspecified atom stereocenters. The molecule has 20 heavy (non-hydrogen) atoms. The summed E-state index contributed by atoms with van der Waals surface area (Å²) in [5, 5.41) is 4.39. The molecule has 0 aliphatic carbocycles. The Morgan fingerprint density at radius 3 is 2.55 bits per heavy atom. The number of hydrogen-bond donors (Lipinski definition) is 1. The quantitative estimate of drug-likeness (QED) is 0.849. The number of nitrogens with one attached hydrogen (secondary N) is 1. The monoisotopic (exact) mass is 290 g/mol. The van der Waals surface area contributed by atoms with E-state index in [9.17, 15) is 0 Å². The Morgan fingerprint density at radius 2 is 1.95 bits per heavy atom. The van der Waals surface area contributed by atoms with Crippen LogP contribution in [0.5, 0.6) is 0 Å². The molecule has 1 aromatic heterocycles. The number of aromatic nitrogens is 1. The molecule has 1 atom stereocenters. The maximum atomic E-state index is 6.24. The van der Waals surface area contributed by atoms with Gasteiger partial charge in [0, 0.05) is 35.5 Å². The van der Waals surface area contributed by atoms with E-state index in [2.05, 4.69) is 49.7 Å². The van der Waals surface area contributed by atoms with Crippen molar-refractivity contribution >= 4 is 11.6 Å². The Hall–Kier alpha value is -1.25. The van der Waals surface area contributed by atoms with Crippen molar-refractivity contribution in [2.24, 2.45) is 0 Å². The van der Waals surface area contributed by atoms with Gasteiger partial charge in [0.1, 0.15) is 0 Å². The second-order valence-corrected chi connectivity index (χ2v) is 5.67. The van der Waals surface area contributed by atoms with Crippen molar-refractivity contribution in [1.82, 2.24) is 9.88 Å². The van der Waals surface area contributed by atoms with Crippen LogP contribution in [0.1, 0.15) is 42.4 Å². The molecule has 1 aromatic carbocycles. The first-order valence-electron chi connectivity index (χ1n) is 7.18. The Balaban J connectivity index is 2.08. The zero-order chi connectivity index (χ0) is 14.7. The molecule has 1 heterocycles. The minimum atomic E-state index is 0.244. The number of halogens is 1. The van der Waals surface area contributed by atoms with Crippen molar-refractivity contribution < 1.29 is 0 Å². The first-order valence-corrected chi connectivity index (χ1v) is 7.55. The van der Waals surface area contributed by atoms with Gasteiger partial charge in [-0.3, -0.25) is 0 Å². The van der Waals surface area contributed by atoms with Gasteiger partial charge < -0.3 is 9.88 Å². The maximum absolute atomic E-state index is 6.24. The predicted octanol–water partition coefficient (Wildman–Crippen LogP) is 4.63. The number of aryl methyl sites for hydroxylation is 1. The Morgan fingerprint density at radius 1 is 1.25 bits per heavy atom. The SMILES string of the molecule is CCn1c(C)cc(CN[C@@H](C)c2ccccc2Cl)c1C. The molecule has 1 N–H and O–H groups in total. The molecule has 0 spiro atoms. The summed E-state index contributed by atoms with van der Waals surface area (Å²) in [4.78, 5) is 0. The molecule has 2 rings (SSSR count). The Bertz CT molecular complexity index is 587. The van der Waals surface area contributed by atoms with Crippen LogP contribution >= 0.6 is 11.6 Å². The van der Waals surface area contributed by atoms with Crippen LogP contribution in [0.15, 0.2) is 30.3 Å². The van der Waals surface area contributed by atoms with Gasteiger partial charge in [0.25, 0.3) is 0 Å². The summed E-state index contributed by atoms with van der Waals surface area (Å²) in [6, 6.07) is 10.5. The third-order valence-corrected chi connectivity index (χ3v) is 4.31. The van der Waals surface area contributed by atoms with Crippen LogP contribution in [0.25, 0.3) is 0 Å². The van der Waals surface area contributed by atoms with Gasteiger partial charge in [-0.25, -0.2) is 0 Å². The van der Waals surface area contributed by atoms with E-state index in [0.29, 0.717) is 0 Å². The molecule has 2 aromatic rings. The first-order chi connectivity index (χ1) is 9.54. The summed E-state index contributed by atoms with van der Waals surface area (Å²) in [7, 11) is 0. The fourth-order valence-corrected chi connectivity index (χ4v) is 3.04. The van der Waals surface area contributed by atoms with Crippen LogP contribution < -0.4 is 5.32 Å². The predicted molar refractivity (Wildman–Crippen MR) is 86.3 cm³/mol. The van der Waals surface area contributed by atoms with Crippen molar-refractivity contribution in [2.75, 3.05) is 0 Å². The highest BCUT2D eigenvalue weighted by molar-refractivity contribution is 6.31. The number of hydrogen-bond acceptors (Lipinski definition) is 1. The van der Waals surface area contributed by atoms with Crippen LogP contribution in [0.3, 0.4) is 0 Å². The van der Waals surface area contributed by atoms with Crippen molar-refractivity contribution in [2.45, 2.75) is 46.8 Å². The van der Waals surface area contributed by atoms with Crippen molar-refractivity contribution in [3.8, 4) is 0 Å². The van der Waals surface area contributed by atoms with Crippen LogP contribution in [0.2, 0.25) is 5.02 Å². The van der Waals surface area contributed by atoms with E-state index in [0.717, 1.165) is 23.7 Å². The molecule has 0 aliphatic heterocycles. The first kappa shape index (κ1) is 15.1. The molecular formula is C17H23ClN2. The van der Waals surface area contributed by atoms with E-state index in [1.54, 1.807) is 0 Å². The van der Waals surface area contributed by atoms with E-state index in [-0.39, 0.29) is 6.04 Å². The van der Waals surface area contributed by atoms with Gasteiger partial charge in [0.05, 0.1) is 0 Å². The topological polar surface area (TPSA) is 17.0 Å². The molecule has 2 nitrogen and oxygen atoms in total. The summed E-state index contributed by atoms with van der Waals surface area (Å²) < 4.78 is 2.34. The minimum absolute atomic E-state index is 0.244. The van der Waals surface area contributed by atoms with E-state index in [1.807, 2.05) is 18.2 Å². The standard InChI is InChI=1S/C17H23ClN2/c1-5-20-12(2)10-15(14(20)4)11-19-13(3)16-8-6-7-9-17(16)18/h6-10,13,19H,5,11H2,1-4H3/t13-/m0/s1. The lowest BCUT2D eigenvalue weighted by Crippen LogP contribution is -2.18.